The topological polar surface area (TPSA) is 127 Å². The summed E-state index contributed by atoms with van der Waals surface area (Å²) in [6.07, 6.45) is -4.34. The van der Waals surface area contributed by atoms with Crippen molar-refractivity contribution in [2.45, 2.75) is 37.6 Å². The van der Waals surface area contributed by atoms with E-state index in [1.165, 1.54) is 24.3 Å². The zero-order valence-corrected chi connectivity index (χ0v) is 14.4. The fraction of sp³-hybridized carbons (Fsp3) is 0.333. The molecule has 1 aromatic carbocycles. The Bertz CT molecular complexity index is 977. The van der Waals surface area contributed by atoms with Crippen molar-refractivity contribution < 1.29 is 24.4 Å². The summed E-state index contributed by atoms with van der Waals surface area (Å²) >= 11 is 0. The van der Waals surface area contributed by atoms with Gasteiger partial charge in [0.15, 0.2) is 6.23 Å². The highest BCUT2D eigenvalue weighted by Crippen LogP contribution is 2.37. The molecule has 4 rings (SSSR count). The summed E-state index contributed by atoms with van der Waals surface area (Å²) in [6, 6.07) is 6.97. The predicted molar refractivity (Wildman–Crippen MR) is 94.0 cm³/mol. The number of ether oxygens (including phenoxy) is 1. The SMILES string of the molecule is Cc1nc(N)nc2c1ccn2[C@@H]1O[C@H]([C@H](O)c2ccc(F)cc2)[C@@H](O)C1O. The molecule has 0 saturated carbocycles. The molecule has 0 spiro atoms. The van der Waals surface area contributed by atoms with Crippen molar-refractivity contribution in [1.29, 1.82) is 0 Å². The van der Waals surface area contributed by atoms with E-state index in [9.17, 15) is 19.7 Å². The zero-order valence-electron chi connectivity index (χ0n) is 14.4. The lowest BCUT2D eigenvalue weighted by atomic mass is 9.99. The number of aliphatic hydroxyl groups excluding tert-OH is 3. The molecule has 1 fully saturated rings. The van der Waals surface area contributed by atoms with Crippen LogP contribution in [0.2, 0.25) is 0 Å². The summed E-state index contributed by atoms with van der Waals surface area (Å²) in [5, 5.41) is 32.2. The number of rotatable bonds is 3. The molecule has 1 aliphatic heterocycles. The van der Waals surface area contributed by atoms with Crippen molar-refractivity contribution in [3.8, 4) is 0 Å². The van der Waals surface area contributed by atoms with Crippen molar-refractivity contribution in [2.24, 2.45) is 0 Å². The maximum atomic E-state index is 13.1. The maximum absolute atomic E-state index is 13.1. The predicted octanol–water partition coefficient (Wildman–Crippen LogP) is 0.814. The van der Waals surface area contributed by atoms with E-state index in [1.54, 1.807) is 23.8 Å². The second-order valence-electron chi connectivity index (χ2n) is 6.60. The van der Waals surface area contributed by atoms with E-state index in [2.05, 4.69) is 9.97 Å². The molecular weight excluding hydrogens is 355 g/mol. The van der Waals surface area contributed by atoms with E-state index in [1.807, 2.05) is 0 Å². The number of aliphatic hydroxyl groups is 3. The summed E-state index contributed by atoms with van der Waals surface area (Å²) in [6.45, 7) is 1.78. The van der Waals surface area contributed by atoms with Crippen LogP contribution in [-0.4, -0.2) is 48.2 Å². The summed E-state index contributed by atoms with van der Waals surface area (Å²) < 4.78 is 20.4. The Kier molecular flexibility index (Phi) is 4.31. The van der Waals surface area contributed by atoms with Gasteiger partial charge in [-0.25, -0.2) is 9.37 Å². The van der Waals surface area contributed by atoms with Crippen molar-refractivity contribution in [1.82, 2.24) is 14.5 Å². The lowest BCUT2D eigenvalue weighted by molar-refractivity contribution is -0.0848. The van der Waals surface area contributed by atoms with E-state index in [4.69, 9.17) is 10.5 Å². The van der Waals surface area contributed by atoms with Crippen LogP contribution in [-0.2, 0) is 4.74 Å². The molecule has 142 valence electrons. The summed E-state index contributed by atoms with van der Waals surface area (Å²) in [5.74, 6) is -0.362. The Morgan fingerprint density at radius 1 is 1.15 bits per heavy atom. The summed E-state index contributed by atoms with van der Waals surface area (Å²) in [7, 11) is 0. The molecule has 0 bridgehead atoms. The first-order chi connectivity index (χ1) is 12.9. The number of aryl methyl sites for hydroxylation is 1. The van der Waals surface area contributed by atoms with Crippen molar-refractivity contribution in [2.75, 3.05) is 5.73 Å². The average Bonchev–Trinajstić information content (AvgIpc) is 3.17. The van der Waals surface area contributed by atoms with Gasteiger partial charge in [-0.15, -0.1) is 0 Å². The van der Waals surface area contributed by atoms with Crippen LogP contribution < -0.4 is 5.73 Å². The average molecular weight is 374 g/mol. The highest BCUT2D eigenvalue weighted by molar-refractivity contribution is 5.79. The standard InChI is InChI=1S/C18H19FN4O4/c1-8-11-6-7-23(16(11)22-18(20)21-8)17-14(26)13(25)15(27-17)12(24)9-2-4-10(19)5-3-9/h2-7,12-15,17,24-26H,1H3,(H2,20,21,22)/t12-,13+,14?,15-,17-/m1/s1. The molecule has 9 heteroatoms. The van der Waals surface area contributed by atoms with Gasteiger partial charge in [0.2, 0.25) is 5.95 Å². The van der Waals surface area contributed by atoms with Crippen LogP contribution in [0.3, 0.4) is 0 Å². The summed E-state index contributed by atoms with van der Waals surface area (Å²) in [4.78, 5) is 8.29. The van der Waals surface area contributed by atoms with Gasteiger partial charge in [0.1, 0.15) is 35.9 Å². The number of nitrogen functional groups attached to an aromatic ring is 1. The number of hydrogen-bond acceptors (Lipinski definition) is 7. The van der Waals surface area contributed by atoms with Crippen LogP contribution in [0.1, 0.15) is 23.6 Å². The Labute approximate surface area is 153 Å². The number of anilines is 1. The second kappa shape index (κ2) is 6.54. The molecule has 5 N–H and O–H groups in total. The molecule has 5 atom stereocenters. The fourth-order valence-corrected chi connectivity index (χ4v) is 3.44. The minimum atomic E-state index is -1.35. The van der Waals surface area contributed by atoms with Gasteiger partial charge in [0, 0.05) is 11.6 Å². The minimum absolute atomic E-state index is 0.0795. The highest BCUT2D eigenvalue weighted by Gasteiger charge is 2.47. The molecule has 1 saturated heterocycles. The summed E-state index contributed by atoms with van der Waals surface area (Å²) in [5.41, 5.74) is 7.21. The number of fused-ring (bicyclic) bond motifs is 1. The zero-order chi connectivity index (χ0) is 19.3. The van der Waals surface area contributed by atoms with Gasteiger partial charge in [-0.05, 0) is 30.7 Å². The van der Waals surface area contributed by atoms with Crippen LogP contribution in [0.15, 0.2) is 36.5 Å². The molecule has 8 nitrogen and oxygen atoms in total. The van der Waals surface area contributed by atoms with Crippen molar-refractivity contribution >= 4 is 17.0 Å². The van der Waals surface area contributed by atoms with Gasteiger partial charge in [0.05, 0.1) is 5.69 Å². The Morgan fingerprint density at radius 2 is 1.85 bits per heavy atom. The van der Waals surface area contributed by atoms with Crippen LogP contribution in [0, 0.1) is 12.7 Å². The van der Waals surface area contributed by atoms with Gasteiger partial charge >= 0.3 is 0 Å². The van der Waals surface area contributed by atoms with Gasteiger partial charge in [0.25, 0.3) is 0 Å². The number of nitrogens with zero attached hydrogens (tertiary/aromatic N) is 3. The molecule has 3 aromatic rings. The van der Waals surface area contributed by atoms with Crippen LogP contribution in [0.5, 0.6) is 0 Å². The molecule has 0 aliphatic carbocycles. The van der Waals surface area contributed by atoms with Crippen LogP contribution in [0.25, 0.3) is 11.0 Å². The lowest BCUT2D eigenvalue weighted by Crippen LogP contribution is -2.34. The van der Waals surface area contributed by atoms with Crippen LogP contribution >= 0.6 is 0 Å². The third kappa shape index (κ3) is 2.94. The number of benzene rings is 1. The molecule has 27 heavy (non-hydrogen) atoms. The molecule has 1 unspecified atom stereocenters. The largest absolute Gasteiger partial charge is 0.387 e. The number of aromatic nitrogens is 3. The number of halogens is 1. The van der Waals surface area contributed by atoms with E-state index in [0.29, 0.717) is 16.9 Å². The van der Waals surface area contributed by atoms with E-state index < -0.39 is 36.5 Å². The molecule has 3 heterocycles. The first-order valence-corrected chi connectivity index (χ1v) is 8.42. The highest BCUT2D eigenvalue weighted by atomic mass is 19.1. The molecule has 2 aromatic heterocycles. The quantitative estimate of drug-likeness (QED) is 0.534. The Balaban J connectivity index is 1.67. The van der Waals surface area contributed by atoms with E-state index in [-0.39, 0.29) is 5.95 Å². The van der Waals surface area contributed by atoms with Crippen LogP contribution in [0.4, 0.5) is 10.3 Å². The minimum Gasteiger partial charge on any atom is -0.387 e. The molecular formula is C18H19FN4O4. The third-order valence-electron chi connectivity index (χ3n) is 4.85. The van der Waals surface area contributed by atoms with Gasteiger partial charge < -0.3 is 30.4 Å². The van der Waals surface area contributed by atoms with E-state index >= 15 is 0 Å². The smallest absolute Gasteiger partial charge is 0.222 e. The number of nitrogens with two attached hydrogens (primary N) is 1. The normalized spacial score (nSPS) is 26.6. The lowest BCUT2D eigenvalue weighted by Gasteiger charge is -2.21. The maximum Gasteiger partial charge on any atom is 0.222 e. The molecule has 1 aliphatic rings. The first kappa shape index (κ1) is 17.8. The fourth-order valence-electron chi connectivity index (χ4n) is 3.44. The van der Waals surface area contributed by atoms with Gasteiger partial charge in [-0.2, -0.15) is 4.98 Å². The van der Waals surface area contributed by atoms with Crippen molar-refractivity contribution in [3.05, 3.63) is 53.6 Å². The first-order valence-electron chi connectivity index (χ1n) is 8.42. The monoisotopic (exact) mass is 374 g/mol. The third-order valence-corrected chi connectivity index (χ3v) is 4.85. The number of hydrogen-bond donors (Lipinski definition) is 4. The second-order valence-corrected chi connectivity index (χ2v) is 6.60. The molecule has 0 amide bonds. The Hall–Kier alpha value is -2.59. The van der Waals surface area contributed by atoms with Gasteiger partial charge in [-0.3, -0.25) is 0 Å². The Morgan fingerprint density at radius 3 is 2.56 bits per heavy atom. The van der Waals surface area contributed by atoms with Crippen molar-refractivity contribution in [3.63, 3.8) is 0 Å². The molecule has 0 radical (unpaired) electrons. The van der Waals surface area contributed by atoms with E-state index in [0.717, 1.165) is 5.39 Å². The van der Waals surface area contributed by atoms with Gasteiger partial charge in [-0.1, -0.05) is 12.1 Å².